The third-order valence-corrected chi connectivity index (χ3v) is 4.58. The lowest BCUT2D eigenvalue weighted by molar-refractivity contribution is 0.0685. The number of carbonyl (C=O) groups is 1. The number of hydrogen-bond acceptors (Lipinski definition) is 4. The SMILES string of the molecule is CCn1cc(S(=O)(=O)NCC(C)N(C)C)cc1C(=O)O. The smallest absolute Gasteiger partial charge is 0.352 e. The lowest BCUT2D eigenvalue weighted by Crippen LogP contribution is -2.38. The number of carboxylic acid groups (broad SMARTS) is 1. The van der Waals surface area contributed by atoms with Crippen molar-refractivity contribution in [3.8, 4) is 0 Å². The van der Waals surface area contributed by atoms with E-state index in [2.05, 4.69) is 4.72 Å². The summed E-state index contributed by atoms with van der Waals surface area (Å²) in [5.41, 5.74) is -0.0338. The molecule has 1 unspecified atom stereocenters. The zero-order chi connectivity index (χ0) is 15.5. The zero-order valence-electron chi connectivity index (χ0n) is 12.1. The Morgan fingerprint density at radius 2 is 2.10 bits per heavy atom. The molecule has 0 fully saturated rings. The van der Waals surface area contributed by atoms with Crippen molar-refractivity contribution in [2.45, 2.75) is 31.3 Å². The van der Waals surface area contributed by atoms with Gasteiger partial charge in [-0.05, 0) is 34.0 Å². The molecule has 20 heavy (non-hydrogen) atoms. The van der Waals surface area contributed by atoms with Gasteiger partial charge in [0.25, 0.3) is 0 Å². The van der Waals surface area contributed by atoms with Gasteiger partial charge in [0.2, 0.25) is 10.0 Å². The molecule has 0 spiro atoms. The highest BCUT2D eigenvalue weighted by Crippen LogP contribution is 2.14. The molecule has 1 atom stereocenters. The van der Waals surface area contributed by atoms with E-state index in [1.807, 2.05) is 25.9 Å². The van der Waals surface area contributed by atoms with Crippen LogP contribution in [-0.2, 0) is 16.6 Å². The average Bonchev–Trinajstić information content (AvgIpc) is 2.80. The lowest BCUT2D eigenvalue weighted by atomic mass is 10.3. The summed E-state index contributed by atoms with van der Waals surface area (Å²) in [6.45, 7) is 4.30. The molecule has 0 amide bonds. The van der Waals surface area contributed by atoms with Crippen molar-refractivity contribution in [3.63, 3.8) is 0 Å². The number of aryl methyl sites for hydroxylation is 1. The molecule has 0 aromatic carbocycles. The third-order valence-electron chi connectivity index (χ3n) is 3.19. The minimum Gasteiger partial charge on any atom is -0.477 e. The molecule has 0 radical (unpaired) electrons. The van der Waals surface area contributed by atoms with E-state index in [9.17, 15) is 13.2 Å². The van der Waals surface area contributed by atoms with Crippen LogP contribution in [0, 0.1) is 0 Å². The second-order valence-electron chi connectivity index (χ2n) is 4.82. The predicted octanol–water partition coefficient (Wildman–Crippen LogP) is 0.435. The Morgan fingerprint density at radius 1 is 1.50 bits per heavy atom. The number of aromatic carboxylic acids is 1. The van der Waals surface area contributed by atoms with Gasteiger partial charge in [-0.1, -0.05) is 0 Å². The molecule has 0 saturated carbocycles. The maximum Gasteiger partial charge on any atom is 0.352 e. The topological polar surface area (TPSA) is 91.6 Å². The van der Waals surface area contributed by atoms with E-state index >= 15 is 0 Å². The van der Waals surface area contributed by atoms with Gasteiger partial charge in [0.05, 0.1) is 0 Å². The minimum absolute atomic E-state index is 0.0253. The Kier molecular flexibility index (Phi) is 5.32. The Bertz CT molecular complexity index is 578. The maximum absolute atomic E-state index is 12.1. The van der Waals surface area contributed by atoms with Crippen LogP contribution < -0.4 is 4.72 Å². The number of sulfonamides is 1. The van der Waals surface area contributed by atoms with Crippen molar-refractivity contribution in [2.75, 3.05) is 20.6 Å². The van der Waals surface area contributed by atoms with Gasteiger partial charge in [0.1, 0.15) is 10.6 Å². The Morgan fingerprint density at radius 3 is 2.50 bits per heavy atom. The van der Waals surface area contributed by atoms with Gasteiger partial charge >= 0.3 is 5.97 Å². The largest absolute Gasteiger partial charge is 0.477 e. The summed E-state index contributed by atoms with van der Waals surface area (Å²) in [6, 6.07) is 1.21. The average molecular weight is 303 g/mol. The van der Waals surface area contributed by atoms with E-state index in [0.717, 1.165) is 0 Å². The molecule has 8 heteroatoms. The van der Waals surface area contributed by atoms with Gasteiger partial charge in [0, 0.05) is 25.3 Å². The summed E-state index contributed by atoms with van der Waals surface area (Å²) >= 11 is 0. The van der Waals surface area contributed by atoms with Crippen LogP contribution in [0.25, 0.3) is 0 Å². The monoisotopic (exact) mass is 303 g/mol. The van der Waals surface area contributed by atoms with E-state index in [1.165, 1.54) is 16.8 Å². The standard InChI is InChI=1S/C12H21N3O4S/c1-5-15-8-10(6-11(15)12(16)17)20(18,19)13-7-9(2)14(3)4/h6,8-9,13H,5,7H2,1-4H3,(H,16,17). The van der Waals surface area contributed by atoms with Crippen molar-refractivity contribution in [3.05, 3.63) is 18.0 Å². The highest BCUT2D eigenvalue weighted by molar-refractivity contribution is 7.89. The molecule has 0 aliphatic heterocycles. The lowest BCUT2D eigenvalue weighted by Gasteiger charge is -2.19. The van der Waals surface area contributed by atoms with Gasteiger partial charge in [-0.2, -0.15) is 0 Å². The van der Waals surface area contributed by atoms with E-state index in [0.29, 0.717) is 6.54 Å². The van der Waals surface area contributed by atoms with Crippen molar-refractivity contribution >= 4 is 16.0 Å². The van der Waals surface area contributed by atoms with Gasteiger partial charge in [-0.15, -0.1) is 0 Å². The molecule has 0 aliphatic carbocycles. The number of carboxylic acids is 1. The number of rotatable bonds is 7. The predicted molar refractivity (Wildman–Crippen MR) is 75.4 cm³/mol. The van der Waals surface area contributed by atoms with Gasteiger partial charge in [0.15, 0.2) is 0 Å². The molecular weight excluding hydrogens is 282 g/mol. The maximum atomic E-state index is 12.1. The van der Waals surface area contributed by atoms with Crippen molar-refractivity contribution in [1.82, 2.24) is 14.2 Å². The quantitative estimate of drug-likeness (QED) is 0.762. The second kappa shape index (κ2) is 6.38. The second-order valence-corrected chi connectivity index (χ2v) is 6.58. The molecule has 1 rings (SSSR count). The fraction of sp³-hybridized carbons (Fsp3) is 0.583. The number of nitrogens with one attached hydrogen (secondary N) is 1. The minimum atomic E-state index is -3.69. The van der Waals surface area contributed by atoms with Crippen LogP contribution in [0.1, 0.15) is 24.3 Å². The fourth-order valence-electron chi connectivity index (χ4n) is 1.57. The van der Waals surface area contributed by atoms with E-state index in [1.54, 1.807) is 6.92 Å². The van der Waals surface area contributed by atoms with Crippen molar-refractivity contribution in [2.24, 2.45) is 0 Å². The van der Waals surface area contributed by atoms with Crippen LogP contribution in [0.15, 0.2) is 17.2 Å². The number of aromatic nitrogens is 1. The number of hydrogen-bond donors (Lipinski definition) is 2. The summed E-state index contributed by atoms with van der Waals surface area (Å²) in [5.74, 6) is -1.14. The van der Waals surface area contributed by atoms with Crippen LogP contribution in [0.4, 0.5) is 0 Å². The van der Waals surface area contributed by atoms with E-state index < -0.39 is 16.0 Å². The molecular formula is C12H21N3O4S. The summed E-state index contributed by atoms with van der Waals surface area (Å²) < 4.78 is 28.1. The van der Waals surface area contributed by atoms with E-state index in [-0.39, 0.29) is 23.2 Å². The molecule has 114 valence electrons. The first-order valence-electron chi connectivity index (χ1n) is 6.28. The molecule has 7 nitrogen and oxygen atoms in total. The summed E-state index contributed by atoms with van der Waals surface area (Å²) in [7, 11) is 0.0174. The highest BCUT2D eigenvalue weighted by atomic mass is 32.2. The van der Waals surface area contributed by atoms with Crippen molar-refractivity contribution in [1.29, 1.82) is 0 Å². The third kappa shape index (κ3) is 3.81. The highest BCUT2D eigenvalue weighted by Gasteiger charge is 2.21. The molecule has 0 aliphatic rings. The zero-order valence-corrected chi connectivity index (χ0v) is 12.9. The van der Waals surface area contributed by atoms with Crippen LogP contribution in [-0.4, -0.2) is 55.6 Å². The molecule has 1 aromatic rings. The summed E-state index contributed by atoms with van der Waals surface area (Å²) in [4.78, 5) is 12.9. The normalized spacial score (nSPS) is 13.7. The Balaban J connectivity index is 2.96. The summed E-state index contributed by atoms with van der Waals surface area (Å²) in [5, 5.41) is 9.02. The fourth-order valence-corrected chi connectivity index (χ4v) is 2.73. The Hall–Kier alpha value is -1.38. The van der Waals surface area contributed by atoms with Crippen molar-refractivity contribution < 1.29 is 18.3 Å². The van der Waals surface area contributed by atoms with Crippen LogP contribution >= 0.6 is 0 Å². The first kappa shape index (κ1) is 16.7. The van der Waals surface area contributed by atoms with Crippen LogP contribution in [0.2, 0.25) is 0 Å². The molecule has 2 N–H and O–H groups in total. The first-order valence-corrected chi connectivity index (χ1v) is 7.77. The molecule has 0 saturated heterocycles. The molecule has 1 heterocycles. The Labute approximate surface area is 119 Å². The first-order chi connectivity index (χ1) is 9.19. The molecule has 0 bridgehead atoms. The van der Waals surface area contributed by atoms with Crippen LogP contribution in [0.3, 0.4) is 0 Å². The summed E-state index contributed by atoms with van der Waals surface area (Å²) in [6.07, 6.45) is 1.34. The number of nitrogens with zero attached hydrogens (tertiary/aromatic N) is 2. The number of likely N-dealkylation sites (N-methyl/N-ethyl adjacent to an activating group) is 1. The van der Waals surface area contributed by atoms with Gasteiger partial charge in [-0.3, -0.25) is 0 Å². The molecule has 1 aromatic heterocycles. The van der Waals surface area contributed by atoms with Gasteiger partial charge in [-0.25, -0.2) is 17.9 Å². The van der Waals surface area contributed by atoms with Gasteiger partial charge < -0.3 is 14.6 Å². The van der Waals surface area contributed by atoms with E-state index in [4.69, 9.17) is 5.11 Å². The van der Waals surface area contributed by atoms with Crippen LogP contribution in [0.5, 0.6) is 0 Å².